The highest BCUT2D eigenvalue weighted by Gasteiger charge is 2.34. The molecule has 2 aliphatic heterocycles. The highest BCUT2D eigenvalue weighted by atomic mass is 35.5. The summed E-state index contributed by atoms with van der Waals surface area (Å²) in [4.78, 5) is 17.2. The first-order valence-electron chi connectivity index (χ1n) is 8.54. The van der Waals surface area contributed by atoms with Gasteiger partial charge < -0.3 is 10.2 Å². The molecule has 2 atom stereocenters. The molecular formula is C18H26ClN3O. The molecule has 1 N–H and O–H groups in total. The van der Waals surface area contributed by atoms with Crippen LogP contribution in [0.1, 0.15) is 31.2 Å². The number of likely N-dealkylation sites (tertiary alicyclic amines) is 1. The topological polar surface area (TPSA) is 35.6 Å². The Labute approximate surface area is 143 Å². The Balaban J connectivity index is 1.50. The van der Waals surface area contributed by atoms with E-state index < -0.39 is 0 Å². The minimum Gasteiger partial charge on any atom is -0.326 e. The van der Waals surface area contributed by atoms with Gasteiger partial charge in [0.15, 0.2) is 0 Å². The van der Waals surface area contributed by atoms with Crippen molar-refractivity contribution >= 4 is 23.2 Å². The Hall–Kier alpha value is -1.10. The van der Waals surface area contributed by atoms with Crippen molar-refractivity contribution in [3.05, 3.63) is 28.8 Å². The number of nitrogens with one attached hydrogen (secondary N) is 1. The molecule has 5 heteroatoms. The molecule has 0 aliphatic carbocycles. The summed E-state index contributed by atoms with van der Waals surface area (Å²) in [6, 6.07) is 7.02. The number of nitrogens with zero attached hydrogens (tertiary/aromatic N) is 2. The van der Waals surface area contributed by atoms with Crippen molar-refractivity contribution in [2.45, 2.75) is 44.7 Å². The number of benzene rings is 1. The first-order chi connectivity index (χ1) is 11.0. The lowest BCUT2D eigenvalue weighted by Crippen LogP contribution is -2.37. The van der Waals surface area contributed by atoms with Crippen LogP contribution in [0.25, 0.3) is 0 Å². The molecule has 1 aromatic carbocycles. The molecule has 2 heterocycles. The van der Waals surface area contributed by atoms with Crippen molar-refractivity contribution < 1.29 is 4.79 Å². The first kappa shape index (κ1) is 16.7. The average molecular weight is 336 g/mol. The van der Waals surface area contributed by atoms with E-state index in [1.165, 1.54) is 19.3 Å². The van der Waals surface area contributed by atoms with Crippen LogP contribution in [0.5, 0.6) is 0 Å². The summed E-state index contributed by atoms with van der Waals surface area (Å²) in [5, 5.41) is 3.68. The molecule has 23 heavy (non-hydrogen) atoms. The van der Waals surface area contributed by atoms with E-state index in [2.05, 4.69) is 22.2 Å². The highest BCUT2D eigenvalue weighted by molar-refractivity contribution is 6.31. The largest absolute Gasteiger partial charge is 0.326 e. The number of rotatable bonds is 4. The molecule has 0 saturated carbocycles. The number of carbonyl (C=O) groups is 1. The zero-order chi connectivity index (χ0) is 16.4. The summed E-state index contributed by atoms with van der Waals surface area (Å²) in [7, 11) is 2.25. The summed E-state index contributed by atoms with van der Waals surface area (Å²) in [5.74, 6) is 0.0677. The van der Waals surface area contributed by atoms with Crippen LogP contribution in [0.4, 0.5) is 5.69 Å². The molecule has 0 unspecified atom stereocenters. The molecule has 2 fully saturated rings. The van der Waals surface area contributed by atoms with Crippen molar-refractivity contribution in [1.29, 1.82) is 0 Å². The molecule has 0 spiro atoms. The smallest absolute Gasteiger partial charge is 0.225 e. The minimum absolute atomic E-state index is 0.0677. The van der Waals surface area contributed by atoms with Gasteiger partial charge in [0.1, 0.15) is 0 Å². The van der Waals surface area contributed by atoms with Crippen molar-refractivity contribution in [3.63, 3.8) is 0 Å². The van der Waals surface area contributed by atoms with Gasteiger partial charge in [0, 0.05) is 42.3 Å². The molecule has 4 nitrogen and oxygen atoms in total. The van der Waals surface area contributed by atoms with Crippen LogP contribution >= 0.6 is 11.6 Å². The number of anilines is 1. The van der Waals surface area contributed by atoms with Crippen molar-refractivity contribution in [2.24, 2.45) is 0 Å². The molecule has 3 rings (SSSR count). The summed E-state index contributed by atoms with van der Waals surface area (Å²) >= 11 is 6.10. The van der Waals surface area contributed by atoms with Gasteiger partial charge in [0.05, 0.1) is 0 Å². The van der Waals surface area contributed by atoms with Gasteiger partial charge in [0.2, 0.25) is 5.91 Å². The molecule has 0 radical (unpaired) electrons. The number of halogens is 1. The summed E-state index contributed by atoms with van der Waals surface area (Å²) in [5.41, 5.74) is 1.74. The second-order valence-corrected chi connectivity index (χ2v) is 7.26. The number of likely N-dealkylation sites (N-methyl/N-ethyl adjacent to an activating group) is 1. The predicted molar refractivity (Wildman–Crippen MR) is 95.1 cm³/mol. The zero-order valence-corrected chi connectivity index (χ0v) is 14.8. The van der Waals surface area contributed by atoms with Crippen LogP contribution in [0.3, 0.4) is 0 Å². The minimum atomic E-state index is 0.0677. The van der Waals surface area contributed by atoms with Gasteiger partial charge in [-0.05, 0) is 57.5 Å². The van der Waals surface area contributed by atoms with E-state index in [1.54, 1.807) is 0 Å². The van der Waals surface area contributed by atoms with Gasteiger partial charge in [-0.3, -0.25) is 9.69 Å². The molecule has 0 aromatic heterocycles. The van der Waals surface area contributed by atoms with Crippen molar-refractivity contribution in [2.75, 3.05) is 32.0 Å². The number of amides is 1. The second kappa shape index (κ2) is 7.20. The van der Waals surface area contributed by atoms with E-state index in [0.29, 0.717) is 17.5 Å². The lowest BCUT2D eigenvalue weighted by molar-refractivity contribution is -0.116. The fourth-order valence-corrected chi connectivity index (χ4v) is 3.97. The van der Waals surface area contributed by atoms with Crippen LogP contribution in [0, 0.1) is 6.92 Å². The van der Waals surface area contributed by atoms with Gasteiger partial charge in [-0.2, -0.15) is 0 Å². The highest BCUT2D eigenvalue weighted by Crippen LogP contribution is 2.28. The van der Waals surface area contributed by atoms with Gasteiger partial charge >= 0.3 is 0 Å². The molecule has 2 bridgehead atoms. The lowest BCUT2D eigenvalue weighted by atomic mass is 10.1. The fraction of sp³-hybridized carbons (Fsp3) is 0.611. The Morgan fingerprint density at radius 1 is 1.30 bits per heavy atom. The third-order valence-electron chi connectivity index (χ3n) is 5.43. The van der Waals surface area contributed by atoms with Crippen LogP contribution in [0.15, 0.2) is 18.2 Å². The standard InChI is InChI=1S/C18H26ClN3O/c1-13-16(19)4-3-5-17(13)20-18(23)9-11-22-10-8-14-6-7-15(12-22)21(14)2/h3-5,14-15H,6-12H2,1-2H3,(H,20,23)/t14-,15+/m1/s1. The zero-order valence-electron chi connectivity index (χ0n) is 14.0. The summed E-state index contributed by atoms with van der Waals surface area (Å²) < 4.78 is 0. The normalized spacial score (nSPS) is 25.3. The number of fused-ring (bicyclic) bond motifs is 2. The SMILES string of the molecule is Cc1c(Cl)cccc1NC(=O)CCN1CC[C@H]2CC[C@@H](C1)N2C. The van der Waals surface area contributed by atoms with Crippen LogP contribution < -0.4 is 5.32 Å². The molecule has 126 valence electrons. The molecule has 1 amide bonds. The maximum atomic E-state index is 12.2. The number of carbonyl (C=O) groups excluding carboxylic acids is 1. The van der Waals surface area contributed by atoms with Crippen LogP contribution in [-0.2, 0) is 4.79 Å². The maximum Gasteiger partial charge on any atom is 0.225 e. The van der Waals surface area contributed by atoms with Gasteiger partial charge in [-0.25, -0.2) is 0 Å². The van der Waals surface area contributed by atoms with Gasteiger partial charge in [-0.1, -0.05) is 17.7 Å². The Morgan fingerprint density at radius 3 is 2.91 bits per heavy atom. The second-order valence-electron chi connectivity index (χ2n) is 6.85. The average Bonchev–Trinajstić information content (AvgIpc) is 2.76. The van der Waals surface area contributed by atoms with E-state index in [4.69, 9.17) is 11.6 Å². The Morgan fingerprint density at radius 2 is 2.09 bits per heavy atom. The maximum absolute atomic E-state index is 12.2. The summed E-state index contributed by atoms with van der Waals surface area (Å²) in [6.45, 7) is 4.97. The number of hydrogen-bond donors (Lipinski definition) is 1. The number of hydrogen-bond acceptors (Lipinski definition) is 3. The van der Waals surface area contributed by atoms with Crippen molar-refractivity contribution in [1.82, 2.24) is 9.80 Å². The van der Waals surface area contributed by atoms with E-state index >= 15 is 0 Å². The molecule has 1 aromatic rings. The molecule has 2 saturated heterocycles. The molecule has 2 aliphatic rings. The Bertz CT molecular complexity index is 577. The van der Waals surface area contributed by atoms with Gasteiger partial charge in [0.25, 0.3) is 0 Å². The van der Waals surface area contributed by atoms with Gasteiger partial charge in [-0.15, -0.1) is 0 Å². The van der Waals surface area contributed by atoms with Crippen LogP contribution in [-0.4, -0.2) is 54.5 Å². The molecular weight excluding hydrogens is 310 g/mol. The third-order valence-corrected chi connectivity index (χ3v) is 5.84. The monoisotopic (exact) mass is 335 g/mol. The lowest BCUT2D eigenvalue weighted by Gasteiger charge is -2.25. The van der Waals surface area contributed by atoms with Crippen molar-refractivity contribution in [3.8, 4) is 0 Å². The van der Waals surface area contributed by atoms with E-state index in [-0.39, 0.29) is 5.91 Å². The Kier molecular flexibility index (Phi) is 5.24. The van der Waals surface area contributed by atoms with Crippen LogP contribution in [0.2, 0.25) is 5.02 Å². The first-order valence-corrected chi connectivity index (χ1v) is 8.91. The van der Waals surface area contributed by atoms with E-state index in [9.17, 15) is 4.79 Å². The van der Waals surface area contributed by atoms with E-state index in [1.807, 2.05) is 25.1 Å². The summed E-state index contributed by atoms with van der Waals surface area (Å²) in [6.07, 6.45) is 4.39. The fourth-order valence-electron chi connectivity index (χ4n) is 3.80. The quantitative estimate of drug-likeness (QED) is 0.918. The predicted octanol–water partition coefficient (Wildman–Crippen LogP) is 3.15. The third kappa shape index (κ3) is 3.87. The van der Waals surface area contributed by atoms with E-state index in [0.717, 1.165) is 36.9 Å².